The van der Waals surface area contributed by atoms with E-state index in [9.17, 15) is 9.59 Å². The molecule has 0 bridgehead atoms. The first-order chi connectivity index (χ1) is 12.1. The quantitative estimate of drug-likeness (QED) is 0.709. The third-order valence-electron chi connectivity index (χ3n) is 3.43. The number of para-hydroxylation sites is 2. The van der Waals surface area contributed by atoms with Gasteiger partial charge in [0.1, 0.15) is 12.2 Å². The lowest BCUT2D eigenvalue weighted by Crippen LogP contribution is -2.29. The number of halogens is 1. The summed E-state index contributed by atoms with van der Waals surface area (Å²) < 4.78 is 5.44. The predicted octanol–water partition coefficient (Wildman–Crippen LogP) is 3.43. The van der Waals surface area contributed by atoms with Gasteiger partial charge in [-0.2, -0.15) is 0 Å². The molecule has 0 saturated heterocycles. The molecule has 2 N–H and O–H groups in total. The molecule has 2 aromatic carbocycles. The number of benzene rings is 2. The Balaban J connectivity index is 1.76. The van der Waals surface area contributed by atoms with Gasteiger partial charge in [-0.3, -0.25) is 9.59 Å². The molecule has 5 nitrogen and oxygen atoms in total. The Hall–Kier alpha value is -2.53. The minimum Gasteiger partial charge on any atom is -0.492 e. The van der Waals surface area contributed by atoms with Gasteiger partial charge in [0.25, 0.3) is 0 Å². The van der Waals surface area contributed by atoms with E-state index in [1.807, 2.05) is 37.3 Å². The Bertz CT molecular complexity index is 717. The number of rotatable bonds is 8. The van der Waals surface area contributed by atoms with Crippen LogP contribution in [0.4, 0.5) is 5.69 Å². The summed E-state index contributed by atoms with van der Waals surface area (Å²) in [6, 6.07) is 14.6. The monoisotopic (exact) mass is 360 g/mol. The predicted molar refractivity (Wildman–Crippen MR) is 99.0 cm³/mol. The molecule has 0 fully saturated rings. The molecule has 2 rings (SSSR count). The number of ether oxygens (including phenoxy) is 1. The molecule has 0 radical (unpaired) electrons. The van der Waals surface area contributed by atoms with Crippen LogP contribution in [0.2, 0.25) is 5.02 Å². The van der Waals surface area contributed by atoms with Gasteiger partial charge in [-0.15, -0.1) is 0 Å². The Kier molecular flexibility index (Phi) is 7.29. The number of carbonyl (C=O) groups excluding carboxylic acids is 2. The lowest BCUT2D eigenvalue weighted by Gasteiger charge is -2.11. The smallest absolute Gasteiger partial charge is 0.233 e. The SMILES string of the molecule is CCOc1ccccc1NC(=O)CC(=O)NCCc1ccc(Cl)cc1. The molecular weight excluding hydrogens is 340 g/mol. The molecule has 0 aromatic heterocycles. The van der Waals surface area contributed by atoms with Crippen LogP contribution in [0.5, 0.6) is 5.75 Å². The number of hydrogen-bond acceptors (Lipinski definition) is 3. The van der Waals surface area contributed by atoms with Crippen LogP contribution in [-0.4, -0.2) is 25.0 Å². The molecule has 132 valence electrons. The fourth-order valence-corrected chi connectivity index (χ4v) is 2.38. The second kappa shape index (κ2) is 9.69. The van der Waals surface area contributed by atoms with Gasteiger partial charge in [0.2, 0.25) is 11.8 Å². The number of hydrogen-bond donors (Lipinski definition) is 2. The standard InChI is InChI=1S/C19H21ClN2O3/c1-2-25-17-6-4-3-5-16(17)22-19(24)13-18(23)21-12-11-14-7-9-15(20)10-8-14/h3-10H,2,11-13H2,1H3,(H,21,23)(H,22,24). The summed E-state index contributed by atoms with van der Waals surface area (Å²) in [5, 5.41) is 6.12. The van der Waals surface area contributed by atoms with Crippen molar-refractivity contribution >= 4 is 29.1 Å². The van der Waals surface area contributed by atoms with Crippen LogP contribution in [-0.2, 0) is 16.0 Å². The fraction of sp³-hybridized carbons (Fsp3) is 0.263. The van der Waals surface area contributed by atoms with Crippen molar-refractivity contribution in [2.75, 3.05) is 18.5 Å². The van der Waals surface area contributed by atoms with Gasteiger partial charge in [0, 0.05) is 11.6 Å². The first kappa shape index (κ1) is 18.8. The van der Waals surface area contributed by atoms with Crippen molar-refractivity contribution in [3.8, 4) is 5.75 Å². The van der Waals surface area contributed by atoms with Crippen molar-refractivity contribution in [3.05, 3.63) is 59.1 Å². The normalized spacial score (nSPS) is 10.2. The second-order valence-corrected chi connectivity index (χ2v) is 5.82. The van der Waals surface area contributed by atoms with E-state index >= 15 is 0 Å². The molecule has 0 atom stereocenters. The first-order valence-corrected chi connectivity index (χ1v) is 8.49. The molecule has 0 aliphatic heterocycles. The van der Waals surface area contributed by atoms with Crippen molar-refractivity contribution in [2.45, 2.75) is 19.8 Å². The zero-order valence-corrected chi connectivity index (χ0v) is 14.8. The summed E-state index contributed by atoms with van der Waals surface area (Å²) >= 11 is 5.83. The molecule has 25 heavy (non-hydrogen) atoms. The second-order valence-electron chi connectivity index (χ2n) is 5.38. The molecule has 0 spiro atoms. The molecule has 2 amide bonds. The van der Waals surface area contributed by atoms with E-state index in [0.29, 0.717) is 36.0 Å². The van der Waals surface area contributed by atoms with Crippen LogP contribution in [0, 0.1) is 0 Å². The maximum atomic E-state index is 12.0. The average Bonchev–Trinajstić information content (AvgIpc) is 2.58. The first-order valence-electron chi connectivity index (χ1n) is 8.11. The van der Waals surface area contributed by atoms with Gasteiger partial charge in [0.05, 0.1) is 12.3 Å². The highest BCUT2D eigenvalue weighted by Gasteiger charge is 2.11. The summed E-state index contributed by atoms with van der Waals surface area (Å²) in [6.45, 7) is 2.83. The summed E-state index contributed by atoms with van der Waals surface area (Å²) in [7, 11) is 0. The maximum Gasteiger partial charge on any atom is 0.233 e. The lowest BCUT2D eigenvalue weighted by atomic mass is 10.1. The molecule has 0 aliphatic rings. The Morgan fingerprint density at radius 3 is 2.48 bits per heavy atom. The number of carbonyl (C=O) groups is 2. The molecule has 0 aliphatic carbocycles. The van der Waals surface area contributed by atoms with Crippen LogP contribution < -0.4 is 15.4 Å². The summed E-state index contributed by atoms with van der Waals surface area (Å²) in [5.74, 6) is -0.113. The van der Waals surface area contributed by atoms with Gasteiger partial charge in [-0.25, -0.2) is 0 Å². The largest absolute Gasteiger partial charge is 0.492 e. The average molecular weight is 361 g/mol. The van der Waals surface area contributed by atoms with Crippen LogP contribution in [0.1, 0.15) is 18.9 Å². The van der Waals surface area contributed by atoms with Crippen LogP contribution in [0.25, 0.3) is 0 Å². The minimum absolute atomic E-state index is 0.235. The molecule has 0 saturated carbocycles. The molecule has 0 unspecified atom stereocenters. The number of nitrogens with one attached hydrogen (secondary N) is 2. The summed E-state index contributed by atoms with van der Waals surface area (Å²) in [4.78, 5) is 23.9. The van der Waals surface area contributed by atoms with E-state index in [0.717, 1.165) is 5.56 Å². The van der Waals surface area contributed by atoms with E-state index in [1.165, 1.54) is 0 Å². The Morgan fingerprint density at radius 2 is 1.76 bits per heavy atom. The number of anilines is 1. The van der Waals surface area contributed by atoms with Crippen molar-refractivity contribution in [1.29, 1.82) is 0 Å². The van der Waals surface area contributed by atoms with Crippen LogP contribution in [0.15, 0.2) is 48.5 Å². The maximum absolute atomic E-state index is 12.0. The van der Waals surface area contributed by atoms with Gasteiger partial charge in [0.15, 0.2) is 0 Å². The Morgan fingerprint density at radius 1 is 1.04 bits per heavy atom. The minimum atomic E-state index is -0.379. The van der Waals surface area contributed by atoms with Crippen LogP contribution >= 0.6 is 11.6 Å². The fourth-order valence-electron chi connectivity index (χ4n) is 2.25. The zero-order valence-electron chi connectivity index (χ0n) is 14.0. The highest BCUT2D eigenvalue weighted by atomic mass is 35.5. The van der Waals surface area contributed by atoms with Crippen molar-refractivity contribution < 1.29 is 14.3 Å². The van der Waals surface area contributed by atoms with Gasteiger partial charge < -0.3 is 15.4 Å². The van der Waals surface area contributed by atoms with Crippen molar-refractivity contribution in [3.63, 3.8) is 0 Å². The highest BCUT2D eigenvalue weighted by molar-refractivity contribution is 6.30. The molecule has 0 heterocycles. The van der Waals surface area contributed by atoms with E-state index in [4.69, 9.17) is 16.3 Å². The molecule has 6 heteroatoms. The summed E-state index contributed by atoms with van der Waals surface area (Å²) in [6.07, 6.45) is 0.443. The van der Waals surface area contributed by atoms with Gasteiger partial charge in [-0.05, 0) is 43.2 Å². The van der Waals surface area contributed by atoms with E-state index in [-0.39, 0.29) is 18.2 Å². The summed E-state index contributed by atoms with van der Waals surface area (Å²) in [5.41, 5.74) is 1.63. The van der Waals surface area contributed by atoms with E-state index in [2.05, 4.69) is 10.6 Å². The third kappa shape index (κ3) is 6.47. The third-order valence-corrected chi connectivity index (χ3v) is 3.68. The van der Waals surface area contributed by atoms with E-state index < -0.39 is 0 Å². The molecule has 2 aromatic rings. The number of amides is 2. The van der Waals surface area contributed by atoms with Gasteiger partial charge in [-0.1, -0.05) is 35.9 Å². The molecular formula is C19H21ClN2O3. The van der Waals surface area contributed by atoms with Gasteiger partial charge >= 0.3 is 0 Å². The topological polar surface area (TPSA) is 67.4 Å². The zero-order chi connectivity index (χ0) is 18.1. The van der Waals surface area contributed by atoms with E-state index in [1.54, 1.807) is 18.2 Å². The van der Waals surface area contributed by atoms with Crippen LogP contribution in [0.3, 0.4) is 0 Å². The Labute approximate surface area is 152 Å². The highest BCUT2D eigenvalue weighted by Crippen LogP contribution is 2.23. The lowest BCUT2D eigenvalue weighted by molar-refractivity contribution is -0.126. The van der Waals surface area contributed by atoms with Crippen molar-refractivity contribution in [2.24, 2.45) is 0 Å². The van der Waals surface area contributed by atoms with Crippen molar-refractivity contribution in [1.82, 2.24) is 5.32 Å².